The molecule has 2 aromatic heterocycles. The van der Waals surface area contributed by atoms with Gasteiger partial charge in [-0.15, -0.1) is 12.4 Å². The molecule has 1 amide bonds. The summed E-state index contributed by atoms with van der Waals surface area (Å²) in [6.45, 7) is 0.769. The van der Waals surface area contributed by atoms with Crippen LogP contribution >= 0.6 is 12.4 Å². The van der Waals surface area contributed by atoms with Crippen LogP contribution in [0.1, 0.15) is 11.1 Å². The number of fused-ring (bicyclic) bond motifs is 2. The van der Waals surface area contributed by atoms with Gasteiger partial charge in [0.2, 0.25) is 5.91 Å². The largest absolute Gasteiger partial charge is 0.351 e. The minimum absolute atomic E-state index is 0. The summed E-state index contributed by atoms with van der Waals surface area (Å²) < 4.78 is 2.12. The van der Waals surface area contributed by atoms with Gasteiger partial charge in [0.25, 0.3) is 0 Å². The summed E-state index contributed by atoms with van der Waals surface area (Å²) in [5.74, 6) is 0.141. The second-order valence-electron chi connectivity index (χ2n) is 5.80. The predicted octanol–water partition coefficient (Wildman–Crippen LogP) is 3.13. The fraction of sp³-hybridized carbons (Fsp3) is 0.222. The molecule has 3 heterocycles. The molecular formula is C18H18ClN3O. The van der Waals surface area contributed by atoms with Gasteiger partial charge in [0, 0.05) is 48.8 Å². The van der Waals surface area contributed by atoms with E-state index in [2.05, 4.69) is 41.0 Å². The molecule has 0 spiro atoms. The summed E-state index contributed by atoms with van der Waals surface area (Å²) in [5, 5.41) is 1.18. The zero-order valence-corrected chi connectivity index (χ0v) is 13.7. The molecule has 0 saturated heterocycles. The molecule has 1 aliphatic heterocycles. The van der Waals surface area contributed by atoms with Crippen molar-refractivity contribution in [1.82, 2.24) is 9.55 Å². The van der Waals surface area contributed by atoms with Crippen LogP contribution in [0.3, 0.4) is 0 Å². The number of carbonyl (C=O) groups is 1. The Balaban J connectivity index is 0.00000156. The van der Waals surface area contributed by atoms with Crippen molar-refractivity contribution in [3.8, 4) is 0 Å². The maximum atomic E-state index is 12.6. The smallest absolute Gasteiger partial charge is 0.231 e. The lowest BCUT2D eigenvalue weighted by Gasteiger charge is -2.17. The van der Waals surface area contributed by atoms with Crippen LogP contribution in [0.25, 0.3) is 10.9 Å². The molecule has 118 valence electrons. The minimum Gasteiger partial charge on any atom is -0.351 e. The highest BCUT2D eigenvalue weighted by molar-refractivity contribution is 5.99. The number of nitrogens with zero attached hydrogens (tertiary/aromatic N) is 3. The van der Waals surface area contributed by atoms with E-state index < -0.39 is 0 Å². The van der Waals surface area contributed by atoms with Crippen molar-refractivity contribution in [3.63, 3.8) is 0 Å². The van der Waals surface area contributed by atoms with Crippen LogP contribution in [0.4, 0.5) is 5.69 Å². The van der Waals surface area contributed by atoms with Gasteiger partial charge in [0.15, 0.2) is 0 Å². The number of aromatic nitrogens is 2. The fourth-order valence-corrected chi connectivity index (χ4v) is 3.18. The molecule has 4 rings (SSSR count). The SMILES string of the molecule is Cl.Cn1ccc2cc3c(cc21)CCN3C(=O)Cc1cccnc1. The van der Waals surface area contributed by atoms with Crippen molar-refractivity contribution >= 4 is 34.9 Å². The summed E-state index contributed by atoms with van der Waals surface area (Å²) in [5.41, 5.74) is 4.50. The number of halogens is 1. The molecule has 0 unspecified atom stereocenters. The Kier molecular flexibility index (Phi) is 4.09. The van der Waals surface area contributed by atoms with E-state index in [4.69, 9.17) is 0 Å². The maximum Gasteiger partial charge on any atom is 0.231 e. The second-order valence-corrected chi connectivity index (χ2v) is 5.80. The van der Waals surface area contributed by atoms with Crippen LogP contribution in [-0.4, -0.2) is 22.0 Å². The lowest BCUT2D eigenvalue weighted by molar-refractivity contribution is -0.117. The van der Waals surface area contributed by atoms with E-state index in [9.17, 15) is 4.79 Å². The summed E-state index contributed by atoms with van der Waals surface area (Å²) in [4.78, 5) is 18.6. The predicted molar refractivity (Wildman–Crippen MR) is 94.2 cm³/mol. The molecule has 3 aromatic rings. The number of amides is 1. The molecular weight excluding hydrogens is 310 g/mol. The normalized spacial score (nSPS) is 13.0. The van der Waals surface area contributed by atoms with E-state index in [0.717, 1.165) is 24.2 Å². The molecule has 4 nitrogen and oxygen atoms in total. The molecule has 0 fully saturated rings. The average Bonchev–Trinajstić information content (AvgIpc) is 3.10. The number of rotatable bonds is 2. The van der Waals surface area contributed by atoms with Gasteiger partial charge in [-0.05, 0) is 41.8 Å². The van der Waals surface area contributed by atoms with Crippen LogP contribution in [0.15, 0.2) is 48.9 Å². The number of hydrogen-bond donors (Lipinski definition) is 0. The van der Waals surface area contributed by atoms with Gasteiger partial charge in [-0.25, -0.2) is 0 Å². The molecule has 0 N–H and O–H groups in total. The number of carbonyl (C=O) groups excluding carboxylic acids is 1. The standard InChI is InChI=1S/C18H17N3O.ClH/c1-20-7-4-14-11-17-15(10-16(14)20)5-8-21(17)18(22)9-13-3-2-6-19-12-13;/h2-4,6-7,10-12H,5,8-9H2,1H3;1H. The molecule has 1 aromatic carbocycles. The van der Waals surface area contributed by atoms with Crippen molar-refractivity contribution in [2.24, 2.45) is 7.05 Å². The van der Waals surface area contributed by atoms with Crippen molar-refractivity contribution in [2.45, 2.75) is 12.8 Å². The first-order chi connectivity index (χ1) is 10.7. The molecule has 0 saturated carbocycles. The van der Waals surface area contributed by atoms with Crippen molar-refractivity contribution in [1.29, 1.82) is 0 Å². The molecule has 0 radical (unpaired) electrons. The molecule has 5 heteroatoms. The molecule has 0 bridgehead atoms. The van der Waals surface area contributed by atoms with Gasteiger partial charge in [0.05, 0.1) is 6.42 Å². The first-order valence-electron chi connectivity index (χ1n) is 7.49. The van der Waals surface area contributed by atoms with Crippen LogP contribution in [0, 0.1) is 0 Å². The Morgan fingerprint density at radius 1 is 1.30 bits per heavy atom. The third-order valence-electron chi connectivity index (χ3n) is 4.36. The van der Waals surface area contributed by atoms with Gasteiger partial charge in [-0.2, -0.15) is 0 Å². The van der Waals surface area contributed by atoms with Crippen LogP contribution in [-0.2, 0) is 24.7 Å². The highest BCUT2D eigenvalue weighted by atomic mass is 35.5. The Morgan fingerprint density at radius 3 is 2.96 bits per heavy atom. The number of hydrogen-bond acceptors (Lipinski definition) is 2. The van der Waals surface area contributed by atoms with E-state index in [1.807, 2.05) is 17.0 Å². The molecule has 1 aliphatic rings. The van der Waals surface area contributed by atoms with Crippen molar-refractivity contribution < 1.29 is 4.79 Å². The van der Waals surface area contributed by atoms with Crippen LogP contribution in [0.5, 0.6) is 0 Å². The summed E-state index contributed by atoms with van der Waals surface area (Å²) >= 11 is 0. The topological polar surface area (TPSA) is 38.1 Å². The Bertz CT molecular complexity index is 857. The zero-order valence-electron chi connectivity index (χ0n) is 12.9. The van der Waals surface area contributed by atoms with Gasteiger partial charge in [-0.3, -0.25) is 9.78 Å². The summed E-state index contributed by atoms with van der Waals surface area (Å²) in [6.07, 6.45) is 6.87. The minimum atomic E-state index is 0. The number of pyridine rings is 1. The highest BCUT2D eigenvalue weighted by Gasteiger charge is 2.25. The first kappa shape index (κ1) is 15.6. The third kappa shape index (κ3) is 2.70. The Hall–Kier alpha value is -2.33. The third-order valence-corrected chi connectivity index (χ3v) is 4.36. The average molecular weight is 328 g/mol. The van der Waals surface area contributed by atoms with Gasteiger partial charge >= 0.3 is 0 Å². The number of benzene rings is 1. The first-order valence-corrected chi connectivity index (χ1v) is 7.49. The molecule has 0 aliphatic carbocycles. The van der Waals surface area contributed by atoms with Gasteiger partial charge < -0.3 is 9.47 Å². The van der Waals surface area contributed by atoms with E-state index in [-0.39, 0.29) is 18.3 Å². The second kappa shape index (κ2) is 6.05. The van der Waals surface area contributed by atoms with E-state index in [1.54, 1.807) is 12.4 Å². The maximum absolute atomic E-state index is 12.6. The highest BCUT2D eigenvalue weighted by Crippen LogP contribution is 2.33. The Morgan fingerprint density at radius 2 is 2.17 bits per heavy atom. The van der Waals surface area contributed by atoms with Gasteiger partial charge in [-0.1, -0.05) is 6.07 Å². The lowest BCUT2D eigenvalue weighted by atomic mass is 10.1. The number of anilines is 1. The Labute approximate surface area is 141 Å². The molecule has 0 atom stereocenters. The van der Waals surface area contributed by atoms with E-state index >= 15 is 0 Å². The van der Waals surface area contributed by atoms with E-state index in [0.29, 0.717) is 6.42 Å². The molecule has 23 heavy (non-hydrogen) atoms. The van der Waals surface area contributed by atoms with Crippen LogP contribution in [0.2, 0.25) is 0 Å². The fourth-order valence-electron chi connectivity index (χ4n) is 3.18. The van der Waals surface area contributed by atoms with Crippen LogP contribution < -0.4 is 4.90 Å². The summed E-state index contributed by atoms with van der Waals surface area (Å²) in [7, 11) is 2.05. The quantitative estimate of drug-likeness (QED) is 0.725. The monoisotopic (exact) mass is 327 g/mol. The van der Waals surface area contributed by atoms with Crippen molar-refractivity contribution in [2.75, 3.05) is 11.4 Å². The zero-order chi connectivity index (χ0) is 15.1. The van der Waals surface area contributed by atoms with Gasteiger partial charge in [0.1, 0.15) is 0 Å². The van der Waals surface area contributed by atoms with E-state index in [1.165, 1.54) is 16.5 Å². The lowest BCUT2D eigenvalue weighted by Crippen LogP contribution is -2.30. The van der Waals surface area contributed by atoms with Crippen molar-refractivity contribution in [3.05, 3.63) is 60.0 Å². The summed E-state index contributed by atoms with van der Waals surface area (Å²) in [6, 6.07) is 10.3. The number of aryl methyl sites for hydroxylation is 1.